The highest BCUT2D eigenvalue weighted by molar-refractivity contribution is 5.53. The summed E-state index contributed by atoms with van der Waals surface area (Å²) in [5, 5.41) is 16.7. The van der Waals surface area contributed by atoms with Gasteiger partial charge in [0.15, 0.2) is 0 Å². The van der Waals surface area contributed by atoms with Crippen molar-refractivity contribution >= 4 is 6.29 Å². The first-order valence-corrected chi connectivity index (χ1v) is 3.02. The first-order valence-electron chi connectivity index (χ1n) is 3.02. The molecule has 0 radical (unpaired) electrons. The van der Waals surface area contributed by atoms with Crippen LogP contribution in [0.15, 0.2) is 0 Å². The van der Waals surface area contributed by atoms with Gasteiger partial charge >= 0.3 is 0 Å². The van der Waals surface area contributed by atoms with E-state index < -0.39 is 0 Å². The van der Waals surface area contributed by atoms with E-state index in [1.54, 1.807) is 0 Å². The molecule has 1 unspecified atom stereocenters. The minimum atomic E-state index is -0.280. The molecule has 0 amide bonds. The fourth-order valence-electron chi connectivity index (χ4n) is 0.556. The molecular formula is C6H12O3. The van der Waals surface area contributed by atoms with E-state index in [1.807, 2.05) is 0 Å². The molecule has 9 heavy (non-hydrogen) atoms. The molecule has 0 spiro atoms. The average Bonchev–Trinajstić information content (AvgIpc) is 1.91. The van der Waals surface area contributed by atoms with E-state index in [-0.39, 0.29) is 19.1 Å². The van der Waals surface area contributed by atoms with Crippen LogP contribution in [-0.4, -0.2) is 29.7 Å². The predicted octanol–water partition coefficient (Wildman–Crippen LogP) is -0.434. The molecule has 0 aromatic carbocycles. The summed E-state index contributed by atoms with van der Waals surface area (Å²) >= 11 is 0. The zero-order valence-corrected chi connectivity index (χ0v) is 5.29. The van der Waals surface area contributed by atoms with E-state index >= 15 is 0 Å². The van der Waals surface area contributed by atoms with Crippen molar-refractivity contribution in [2.75, 3.05) is 13.2 Å². The summed E-state index contributed by atoms with van der Waals surface area (Å²) in [6.45, 7) is -0.0200. The van der Waals surface area contributed by atoms with Gasteiger partial charge in [-0.1, -0.05) is 0 Å². The van der Waals surface area contributed by atoms with E-state index in [1.165, 1.54) is 0 Å². The number of carbonyl (C=O) groups excluding carboxylic acids is 1. The molecule has 0 aliphatic heterocycles. The Morgan fingerprint density at radius 1 is 1.44 bits per heavy atom. The zero-order valence-electron chi connectivity index (χ0n) is 5.29. The van der Waals surface area contributed by atoms with Crippen molar-refractivity contribution in [2.24, 2.45) is 5.92 Å². The van der Waals surface area contributed by atoms with Gasteiger partial charge in [0, 0.05) is 12.5 Å². The smallest absolute Gasteiger partial charge is 0.125 e. The monoisotopic (exact) mass is 132 g/mol. The Morgan fingerprint density at radius 2 is 2.11 bits per heavy atom. The third-order valence-electron chi connectivity index (χ3n) is 1.16. The minimum Gasteiger partial charge on any atom is -0.396 e. The molecule has 2 N–H and O–H groups in total. The van der Waals surface area contributed by atoms with Gasteiger partial charge in [-0.3, -0.25) is 0 Å². The summed E-state index contributed by atoms with van der Waals surface area (Å²) in [6, 6.07) is 0. The Hall–Kier alpha value is -0.410. The number of aldehydes is 1. The summed E-state index contributed by atoms with van der Waals surface area (Å²) in [5.41, 5.74) is 0. The summed E-state index contributed by atoms with van der Waals surface area (Å²) in [5.74, 6) is -0.280. The second-order valence-corrected chi connectivity index (χ2v) is 1.94. The molecular weight excluding hydrogens is 120 g/mol. The van der Waals surface area contributed by atoms with Gasteiger partial charge in [-0.2, -0.15) is 0 Å². The highest BCUT2D eigenvalue weighted by atomic mass is 16.3. The van der Waals surface area contributed by atoms with Crippen LogP contribution in [0.5, 0.6) is 0 Å². The maximum Gasteiger partial charge on any atom is 0.125 e. The third kappa shape index (κ3) is 4.12. The molecule has 0 saturated heterocycles. The molecule has 0 heterocycles. The Labute approximate surface area is 54.3 Å². The first-order chi connectivity index (χ1) is 4.35. The molecule has 3 heteroatoms. The van der Waals surface area contributed by atoms with Crippen molar-refractivity contribution in [3.05, 3.63) is 0 Å². The van der Waals surface area contributed by atoms with Crippen LogP contribution >= 0.6 is 0 Å². The predicted molar refractivity (Wildman–Crippen MR) is 33.0 cm³/mol. The van der Waals surface area contributed by atoms with Gasteiger partial charge in [-0.15, -0.1) is 0 Å². The van der Waals surface area contributed by atoms with Crippen LogP contribution in [0.4, 0.5) is 0 Å². The molecule has 0 aromatic heterocycles. The number of hydrogen-bond acceptors (Lipinski definition) is 3. The number of hydrogen-bond donors (Lipinski definition) is 2. The van der Waals surface area contributed by atoms with Gasteiger partial charge in [0.1, 0.15) is 6.29 Å². The van der Waals surface area contributed by atoms with Crippen LogP contribution in [0.1, 0.15) is 12.8 Å². The van der Waals surface area contributed by atoms with Gasteiger partial charge in [-0.05, 0) is 12.8 Å². The van der Waals surface area contributed by atoms with Crippen molar-refractivity contribution in [2.45, 2.75) is 12.8 Å². The van der Waals surface area contributed by atoms with Gasteiger partial charge in [0.05, 0.1) is 6.61 Å². The maximum atomic E-state index is 10.0. The summed E-state index contributed by atoms with van der Waals surface area (Å²) in [4.78, 5) is 10.0. The quantitative estimate of drug-likeness (QED) is 0.499. The number of aliphatic hydroxyl groups is 2. The standard InChI is InChI=1S/C6H12O3/c7-3-1-2-6(4-8)5-9/h4,6-7,9H,1-3,5H2. The fraction of sp³-hybridized carbons (Fsp3) is 0.833. The van der Waals surface area contributed by atoms with Crippen molar-refractivity contribution in [3.8, 4) is 0 Å². The Balaban J connectivity index is 3.20. The van der Waals surface area contributed by atoms with E-state index in [0.717, 1.165) is 6.29 Å². The van der Waals surface area contributed by atoms with Gasteiger partial charge in [0.2, 0.25) is 0 Å². The van der Waals surface area contributed by atoms with E-state index in [4.69, 9.17) is 10.2 Å². The maximum absolute atomic E-state index is 10.0. The Morgan fingerprint density at radius 3 is 2.44 bits per heavy atom. The van der Waals surface area contributed by atoms with Crippen LogP contribution in [0.3, 0.4) is 0 Å². The van der Waals surface area contributed by atoms with Crippen LogP contribution in [0.2, 0.25) is 0 Å². The summed E-state index contributed by atoms with van der Waals surface area (Å²) in [7, 11) is 0. The number of aliphatic hydroxyl groups excluding tert-OH is 2. The SMILES string of the molecule is O=CC(CO)CCCO. The van der Waals surface area contributed by atoms with Gasteiger partial charge in [-0.25, -0.2) is 0 Å². The molecule has 0 fully saturated rings. The Bertz CT molecular complexity index is 72.7. The highest BCUT2D eigenvalue weighted by Crippen LogP contribution is 2.00. The largest absolute Gasteiger partial charge is 0.396 e. The fourth-order valence-corrected chi connectivity index (χ4v) is 0.556. The third-order valence-corrected chi connectivity index (χ3v) is 1.16. The molecule has 1 atom stereocenters. The minimum absolute atomic E-state index is 0.0876. The Kier molecular flexibility index (Phi) is 5.46. The average molecular weight is 132 g/mol. The lowest BCUT2D eigenvalue weighted by molar-refractivity contribution is -0.112. The second kappa shape index (κ2) is 5.72. The van der Waals surface area contributed by atoms with Crippen LogP contribution in [0, 0.1) is 5.92 Å². The second-order valence-electron chi connectivity index (χ2n) is 1.94. The lowest BCUT2D eigenvalue weighted by atomic mass is 10.1. The zero-order chi connectivity index (χ0) is 7.11. The van der Waals surface area contributed by atoms with Crippen LogP contribution < -0.4 is 0 Å². The number of rotatable bonds is 5. The van der Waals surface area contributed by atoms with E-state index in [2.05, 4.69) is 0 Å². The molecule has 0 aromatic rings. The lowest BCUT2D eigenvalue weighted by Crippen LogP contribution is -2.07. The van der Waals surface area contributed by atoms with Gasteiger partial charge in [0.25, 0.3) is 0 Å². The number of carbonyl (C=O) groups is 1. The topological polar surface area (TPSA) is 57.5 Å². The van der Waals surface area contributed by atoms with Crippen molar-refractivity contribution in [1.29, 1.82) is 0 Å². The lowest BCUT2D eigenvalue weighted by Gasteiger charge is -2.02. The molecule has 0 aliphatic rings. The molecule has 0 aliphatic carbocycles. The summed E-state index contributed by atoms with van der Waals surface area (Å²) in [6.07, 6.45) is 1.89. The molecule has 0 rings (SSSR count). The van der Waals surface area contributed by atoms with Crippen molar-refractivity contribution in [3.63, 3.8) is 0 Å². The molecule has 0 bridgehead atoms. The summed E-state index contributed by atoms with van der Waals surface area (Å²) < 4.78 is 0. The molecule has 54 valence electrons. The van der Waals surface area contributed by atoms with E-state index in [0.29, 0.717) is 12.8 Å². The van der Waals surface area contributed by atoms with Crippen molar-refractivity contribution < 1.29 is 15.0 Å². The van der Waals surface area contributed by atoms with Crippen molar-refractivity contribution in [1.82, 2.24) is 0 Å². The van der Waals surface area contributed by atoms with Crippen LogP contribution in [-0.2, 0) is 4.79 Å². The van der Waals surface area contributed by atoms with Crippen LogP contribution in [0.25, 0.3) is 0 Å². The molecule has 0 saturated carbocycles. The normalized spacial score (nSPS) is 13.1. The highest BCUT2D eigenvalue weighted by Gasteiger charge is 2.02. The van der Waals surface area contributed by atoms with E-state index in [9.17, 15) is 4.79 Å². The molecule has 3 nitrogen and oxygen atoms in total. The van der Waals surface area contributed by atoms with Gasteiger partial charge < -0.3 is 15.0 Å². The first kappa shape index (κ1) is 8.59.